The van der Waals surface area contributed by atoms with Gasteiger partial charge in [0.2, 0.25) is 0 Å². The van der Waals surface area contributed by atoms with Crippen molar-refractivity contribution in [1.29, 1.82) is 0 Å². The Bertz CT molecular complexity index is 406. The first kappa shape index (κ1) is 7.80. The van der Waals surface area contributed by atoms with Crippen LogP contribution >= 0.6 is 15.9 Å². The van der Waals surface area contributed by atoms with E-state index in [-0.39, 0.29) is 0 Å². The fraction of sp³-hybridized carbons (Fsp3) is 0.222. The third-order valence-corrected chi connectivity index (χ3v) is 2.33. The van der Waals surface area contributed by atoms with Gasteiger partial charge in [0.25, 0.3) is 0 Å². The highest BCUT2D eigenvalue weighted by atomic mass is 79.9. The number of hydrogen-bond acceptors (Lipinski definition) is 1. The van der Waals surface area contributed by atoms with Gasteiger partial charge in [0.1, 0.15) is 0 Å². The van der Waals surface area contributed by atoms with E-state index in [1.165, 1.54) is 5.39 Å². The van der Waals surface area contributed by atoms with E-state index in [0.717, 1.165) is 16.5 Å². The van der Waals surface area contributed by atoms with Crippen LogP contribution in [0.25, 0.3) is 10.9 Å². The molecule has 1 heterocycles. The number of benzene rings is 1. The summed E-state index contributed by atoms with van der Waals surface area (Å²) in [5.74, 6) is 0. The van der Waals surface area contributed by atoms with Crippen molar-refractivity contribution < 1.29 is 0 Å². The molecule has 0 spiro atoms. The molecule has 0 saturated heterocycles. The Balaban J connectivity index is 2.67. The largest absolute Gasteiger partial charge is 0.272 e. The predicted octanol–water partition coefficient (Wildman–Crippen LogP) is 2.82. The van der Waals surface area contributed by atoms with E-state index in [1.807, 2.05) is 16.8 Å². The van der Waals surface area contributed by atoms with E-state index in [4.69, 9.17) is 0 Å². The number of rotatable bonds is 1. The first-order valence-electron chi connectivity index (χ1n) is 3.92. The zero-order valence-electron chi connectivity index (χ0n) is 6.79. The van der Waals surface area contributed by atoms with Gasteiger partial charge in [0.05, 0.1) is 5.52 Å². The van der Waals surface area contributed by atoms with Gasteiger partial charge < -0.3 is 0 Å². The fourth-order valence-corrected chi connectivity index (χ4v) is 1.55. The van der Waals surface area contributed by atoms with E-state index >= 15 is 0 Å². The van der Waals surface area contributed by atoms with Gasteiger partial charge in [-0.1, -0.05) is 22.0 Å². The third kappa shape index (κ3) is 1.25. The van der Waals surface area contributed by atoms with E-state index in [0.29, 0.717) is 0 Å². The Labute approximate surface area is 79.3 Å². The molecule has 0 amide bonds. The Morgan fingerprint density at radius 3 is 3.08 bits per heavy atom. The van der Waals surface area contributed by atoms with Crippen molar-refractivity contribution in [2.24, 2.45) is 0 Å². The molecule has 0 aliphatic heterocycles. The molecule has 3 heteroatoms. The van der Waals surface area contributed by atoms with Crippen LogP contribution in [0, 0.1) is 0 Å². The van der Waals surface area contributed by atoms with Crippen LogP contribution in [-0.2, 0) is 6.54 Å². The van der Waals surface area contributed by atoms with E-state index in [2.05, 4.69) is 40.2 Å². The van der Waals surface area contributed by atoms with Gasteiger partial charge >= 0.3 is 0 Å². The summed E-state index contributed by atoms with van der Waals surface area (Å²) >= 11 is 3.41. The first-order valence-corrected chi connectivity index (χ1v) is 4.71. The summed E-state index contributed by atoms with van der Waals surface area (Å²) in [7, 11) is 0. The third-order valence-electron chi connectivity index (χ3n) is 1.84. The van der Waals surface area contributed by atoms with Gasteiger partial charge in [-0.15, -0.1) is 0 Å². The molecule has 1 aromatic carbocycles. The van der Waals surface area contributed by atoms with Crippen molar-refractivity contribution in [1.82, 2.24) is 9.78 Å². The maximum atomic E-state index is 4.38. The Kier molecular flexibility index (Phi) is 1.89. The Morgan fingerprint density at radius 2 is 2.33 bits per heavy atom. The average molecular weight is 225 g/mol. The van der Waals surface area contributed by atoms with Crippen molar-refractivity contribution >= 4 is 26.8 Å². The molecule has 0 bridgehead atoms. The normalized spacial score (nSPS) is 10.8. The summed E-state index contributed by atoms with van der Waals surface area (Å²) in [6.07, 6.45) is 2.06. The van der Waals surface area contributed by atoms with Gasteiger partial charge in [-0.2, -0.15) is 5.10 Å². The lowest BCUT2D eigenvalue weighted by atomic mass is 10.3. The molecule has 2 aromatic rings. The van der Waals surface area contributed by atoms with Crippen molar-refractivity contribution in [3.05, 3.63) is 28.9 Å². The van der Waals surface area contributed by atoms with Gasteiger partial charge in [0, 0.05) is 22.6 Å². The molecular weight excluding hydrogens is 216 g/mol. The lowest BCUT2D eigenvalue weighted by Crippen LogP contribution is -1.92. The van der Waals surface area contributed by atoms with Crippen molar-refractivity contribution in [3.63, 3.8) is 0 Å². The standard InChI is InChI=1S/C9H9BrN2/c1-2-12-6-7-3-4-8(10)5-9(7)11-12/h3-6H,2H2,1H3. The molecule has 0 fully saturated rings. The number of aromatic nitrogens is 2. The quantitative estimate of drug-likeness (QED) is 0.729. The number of fused-ring (bicyclic) bond motifs is 1. The maximum Gasteiger partial charge on any atom is 0.0934 e. The van der Waals surface area contributed by atoms with Crippen LogP contribution in [0.3, 0.4) is 0 Å². The number of hydrogen-bond donors (Lipinski definition) is 0. The molecule has 0 radical (unpaired) electrons. The van der Waals surface area contributed by atoms with Crippen LogP contribution in [0.5, 0.6) is 0 Å². The SMILES string of the molecule is CCn1cc2ccc(Br)cc2n1. The van der Waals surface area contributed by atoms with Gasteiger partial charge in [-0.05, 0) is 19.1 Å². The minimum Gasteiger partial charge on any atom is -0.272 e. The highest BCUT2D eigenvalue weighted by Gasteiger charge is 1.98. The molecule has 0 aliphatic rings. The molecule has 0 N–H and O–H groups in total. The predicted molar refractivity (Wildman–Crippen MR) is 53.1 cm³/mol. The lowest BCUT2D eigenvalue weighted by Gasteiger charge is -1.89. The molecule has 2 nitrogen and oxygen atoms in total. The highest BCUT2D eigenvalue weighted by Crippen LogP contribution is 2.17. The van der Waals surface area contributed by atoms with Crippen LogP contribution in [0.2, 0.25) is 0 Å². The minimum atomic E-state index is 0.923. The second kappa shape index (κ2) is 2.90. The molecule has 12 heavy (non-hydrogen) atoms. The highest BCUT2D eigenvalue weighted by molar-refractivity contribution is 9.10. The molecule has 62 valence electrons. The van der Waals surface area contributed by atoms with Gasteiger partial charge in [-0.25, -0.2) is 0 Å². The molecule has 1 aromatic heterocycles. The van der Waals surface area contributed by atoms with Gasteiger partial charge in [-0.3, -0.25) is 4.68 Å². The van der Waals surface area contributed by atoms with Crippen LogP contribution in [-0.4, -0.2) is 9.78 Å². The van der Waals surface area contributed by atoms with Gasteiger partial charge in [0.15, 0.2) is 0 Å². The van der Waals surface area contributed by atoms with Crippen LogP contribution in [0.15, 0.2) is 28.9 Å². The molecule has 0 aliphatic carbocycles. The zero-order chi connectivity index (χ0) is 8.55. The molecule has 0 atom stereocenters. The van der Waals surface area contributed by atoms with Crippen molar-refractivity contribution in [2.45, 2.75) is 13.5 Å². The second-order valence-corrected chi connectivity index (χ2v) is 3.60. The van der Waals surface area contributed by atoms with Crippen molar-refractivity contribution in [2.75, 3.05) is 0 Å². The summed E-state index contributed by atoms with van der Waals surface area (Å²) in [4.78, 5) is 0. The van der Waals surface area contributed by atoms with Crippen LogP contribution in [0.4, 0.5) is 0 Å². The molecule has 0 saturated carbocycles. The summed E-state index contributed by atoms with van der Waals surface area (Å²) in [6, 6.07) is 6.13. The summed E-state index contributed by atoms with van der Waals surface area (Å²) in [5, 5.41) is 5.57. The number of halogens is 1. The molecular formula is C9H9BrN2. The Morgan fingerprint density at radius 1 is 1.50 bits per heavy atom. The number of aryl methyl sites for hydroxylation is 1. The Hall–Kier alpha value is -0.830. The summed E-state index contributed by atoms with van der Waals surface area (Å²) < 4.78 is 3.02. The topological polar surface area (TPSA) is 17.8 Å². The lowest BCUT2D eigenvalue weighted by molar-refractivity contribution is 0.668. The summed E-state index contributed by atoms with van der Waals surface area (Å²) in [5.41, 5.74) is 1.05. The average Bonchev–Trinajstić information content (AvgIpc) is 2.46. The van der Waals surface area contributed by atoms with E-state index in [1.54, 1.807) is 0 Å². The maximum absolute atomic E-state index is 4.38. The summed E-state index contributed by atoms with van der Waals surface area (Å²) in [6.45, 7) is 3.01. The fourth-order valence-electron chi connectivity index (χ4n) is 1.20. The van der Waals surface area contributed by atoms with Crippen LogP contribution < -0.4 is 0 Å². The van der Waals surface area contributed by atoms with E-state index < -0.39 is 0 Å². The smallest absolute Gasteiger partial charge is 0.0934 e. The first-order chi connectivity index (χ1) is 5.79. The monoisotopic (exact) mass is 224 g/mol. The number of nitrogens with zero attached hydrogens (tertiary/aromatic N) is 2. The zero-order valence-corrected chi connectivity index (χ0v) is 8.37. The van der Waals surface area contributed by atoms with Crippen LogP contribution in [0.1, 0.15) is 6.92 Å². The van der Waals surface area contributed by atoms with E-state index in [9.17, 15) is 0 Å². The minimum absolute atomic E-state index is 0.923. The second-order valence-electron chi connectivity index (χ2n) is 2.69. The molecule has 0 unspecified atom stereocenters. The molecule has 2 rings (SSSR count). The van der Waals surface area contributed by atoms with Crippen molar-refractivity contribution in [3.8, 4) is 0 Å².